The van der Waals surface area contributed by atoms with Crippen molar-refractivity contribution in [1.29, 1.82) is 0 Å². The summed E-state index contributed by atoms with van der Waals surface area (Å²) >= 11 is 0. The fraction of sp³-hybridized carbons (Fsp3) is 0.0588. The number of primary amides is 1. The smallest absolute Gasteiger partial charge is 0.248 e. The number of carbonyl (C=O) groups excluding carboxylic acids is 1. The number of amides is 1. The molecule has 0 radical (unpaired) electrons. The van der Waals surface area contributed by atoms with Gasteiger partial charge in [0.1, 0.15) is 0 Å². The Bertz CT molecular complexity index is 924. The first-order valence-electron chi connectivity index (χ1n) is 7.01. The van der Waals surface area contributed by atoms with Crippen LogP contribution in [0.5, 0.6) is 5.88 Å². The minimum Gasteiger partial charge on any atom is -0.494 e. The topological polar surface area (TPSA) is 117 Å². The van der Waals surface area contributed by atoms with Gasteiger partial charge in [0.05, 0.1) is 17.0 Å². The van der Waals surface area contributed by atoms with Gasteiger partial charge in [0.2, 0.25) is 5.91 Å². The number of nitrogens with two attached hydrogens (primary N) is 2. The minimum atomic E-state index is -0.484. The third-order valence-electron chi connectivity index (χ3n) is 3.61. The Labute approximate surface area is 132 Å². The van der Waals surface area contributed by atoms with E-state index in [4.69, 9.17) is 11.5 Å². The number of benzene rings is 2. The van der Waals surface area contributed by atoms with Crippen molar-refractivity contribution in [2.24, 2.45) is 10.7 Å². The number of aromatic nitrogens is 1. The average molecular weight is 308 g/mol. The number of hydrogen-bond acceptors (Lipinski definition) is 4. The number of hydrogen-bond donors (Lipinski definition) is 4. The van der Waals surface area contributed by atoms with Crippen LogP contribution in [-0.2, 0) is 0 Å². The molecule has 0 saturated carbocycles. The summed E-state index contributed by atoms with van der Waals surface area (Å²) in [5, 5.41) is 11.0. The molecule has 6 N–H and O–H groups in total. The van der Waals surface area contributed by atoms with Gasteiger partial charge in [-0.05, 0) is 49.4 Å². The van der Waals surface area contributed by atoms with Crippen molar-refractivity contribution < 1.29 is 9.90 Å². The van der Waals surface area contributed by atoms with Crippen LogP contribution in [-0.4, -0.2) is 21.7 Å². The molecule has 0 aliphatic carbocycles. The quantitative estimate of drug-likeness (QED) is 0.440. The second kappa shape index (κ2) is 5.49. The molecule has 0 aliphatic rings. The number of nitrogens with one attached hydrogen (secondary N) is 1. The van der Waals surface area contributed by atoms with Gasteiger partial charge in [-0.2, -0.15) is 0 Å². The molecule has 0 unspecified atom stereocenters. The molecule has 3 rings (SSSR count). The van der Waals surface area contributed by atoms with Gasteiger partial charge >= 0.3 is 0 Å². The summed E-state index contributed by atoms with van der Waals surface area (Å²) in [4.78, 5) is 18.5. The van der Waals surface area contributed by atoms with E-state index in [-0.39, 0.29) is 5.88 Å². The number of aromatic hydroxyl groups is 1. The fourth-order valence-corrected chi connectivity index (χ4v) is 2.51. The molecule has 3 aromatic rings. The summed E-state index contributed by atoms with van der Waals surface area (Å²) < 4.78 is 0. The van der Waals surface area contributed by atoms with E-state index in [9.17, 15) is 9.90 Å². The van der Waals surface area contributed by atoms with E-state index in [2.05, 4.69) is 9.98 Å². The molecule has 6 heteroatoms. The molecule has 23 heavy (non-hydrogen) atoms. The van der Waals surface area contributed by atoms with E-state index in [1.54, 1.807) is 43.3 Å². The summed E-state index contributed by atoms with van der Waals surface area (Å²) in [6, 6.07) is 12.0. The third-order valence-corrected chi connectivity index (χ3v) is 3.61. The van der Waals surface area contributed by atoms with E-state index >= 15 is 0 Å². The third kappa shape index (κ3) is 2.74. The van der Waals surface area contributed by atoms with Crippen LogP contribution in [0.15, 0.2) is 47.5 Å². The molecule has 116 valence electrons. The largest absolute Gasteiger partial charge is 0.494 e. The number of fused-ring (bicyclic) bond motifs is 1. The summed E-state index contributed by atoms with van der Waals surface area (Å²) in [5.41, 5.74) is 14.7. The second-order valence-corrected chi connectivity index (χ2v) is 5.26. The highest BCUT2D eigenvalue weighted by Crippen LogP contribution is 2.30. The fourth-order valence-electron chi connectivity index (χ4n) is 2.51. The Hall–Kier alpha value is -3.28. The number of carbonyl (C=O) groups is 1. The number of nitrogens with zero attached hydrogens (tertiary/aromatic N) is 1. The lowest BCUT2D eigenvalue weighted by Gasteiger charge is -2.02. The van der Waals surface area contributed by atoms with Crippen LogP contribution in [0.25, 0.3) is 10.9 Å². The molecule has 1 amide bonds. The first-order chi connectivity index (χ1) is 11.0. The van der Waals surface area contributed by atoms with Crippen molar-refractivity contribution in [2.45, 2.75) is 6.92 Å². The zero-order chi connectivity index (χ0) is 16.6. The number of anilines is 1. The standard InChI is InChI=1S/C17H16N4O2/c1-9(20-12-5-2-10(3-6-12)16(19)22)15-13-8-11(18)4-7-14(13)21-17(15)23/h2-8,21,23H,18H2,1H3,(H2,19,22). The Balaban J connectivity index is 2.05. The molecule has 0 bridgehead atoms. The SMILES string of the molecule is CC(=Nc1ccc(C(N)=O)cc1)c1c(O)[nH]c2ccc(N)cc12. The van der Waals surface area contributed by atoms with Crippen molar-refractivity contribution in [1.82, 2.24) is 4.98 Å². The van der Waals surface area contributed by atoms with Gasteiger partial charge in [-0.3, -0.25) is 9.79 Å². The molecule has 0 fully saturated rings. The maximum absolute atomic E-state index is 11.1. The monoisotopic (exact) mass is 308 g/mol. The summed E-state index contributed by atoms with van der Waals surface area (Å²) in [6.07, 6.45) is 0. The zero-order valence-corrected chi connectivity index (χ0v) is 12.5. The van der Waals surface area contributed by atoms with Crippen molar-refractivity contribution in [3.8, 4) is 5.88 Å². The zero-order valence-electron chi connectivity index (χ0n) is 12.5. The van der Waals surface area contributed by atoms with Gasteiger partial charge in [-0.1, -0.05) is 0 Å². The Kier molecular flexibility index (Phi) is 3.50. The molecule has 1 heterocycles. The lowest BCUT2D eigenvalue weighted by molar-refractivity contribution is 0.100. The molecular weight excluding hydrogens is 292 g/mol. The van der Waals surface area contributed by atoms with Crippen LogP contribution in [0, 0.1) is 0 Å². The van der Waals surface area contributed by atoms with Gasteiger partial charge in [-0.25, -0.2) is 0 Å². The predicted octanol–water partition coefficient (Wildman–Crippen LogP) is 2.70. The highest BCUT2D eigenvalue weighted by molar-refractivity contribution is 6.13. The van der Waals surface area contributed by atoms with Crippen molar-refractivity contribution in [3.05, 3.63) is 53.6 Å². The lowest BCUT2D eigenvalue weighted by Crippen LogP contribution is -2.10. The van der Waals surface area contributed by atoms with Crippen LogP contribution in [0.4, 0.5) is 11.4 Å². The van der Waals surface area contributed by atoms with E-state index in [1.165, 1.54) is 0 Å². The summed E-state index contributed by atoms with van der Waals surface area (Å²) in [5.74, 6) is -0.442. The molecule has 0 saturated heterocycles. The summed E-state index contributed by atoms with van der Waals surface area (Å²) in [7, 11) is 0. The molecular formula is C17H16N4O2. The van der Waals surface area contributed by atoms with E-state index in [0.29, 0.717) is 28.2 Å². The van der Waals surface area contributed by atoms with Gasteiger partial charge in [0.15, 0.2) is 5.88 Å². The number of nitrogen functional groups attached to an aromatic ring is 1. The normalized spacial score (nSPS) is 11.8. The van der Waals surface area contributed by atoms with Crippen LogP contribution >= 0.6 is 0 Å². The van der Waals surface area contributed by atoms with Gasteiger partial charge in [0, 0.05) is 22.2 Å². The Morgan fingerprint density at radius 2 is 1.87 bits per heavy atom. The van der Waals surface area contributed by atoms with Gasteiger partial charge in [0.25, 0.3) is 0 Å². The van der Waals surface area contributed by atoms with Crippen LogP contribution in [0.2, 0.25) is 0 Å². The van der Waals surface area contributed by atoms with Crippen molar-refractivity contribution in [2.75, 3.05) is 5.73 Å². The predicted molar refractivity (Wildman–Crippen MR) is 91.2 cm³/mol. The number of aliphatic imine (C=N–C) groups is 1. The maximum atomic E-state index is 11.1. The Morgan fingerprint density at radius 3 is 2.52 bits per heavy atom. The lowest BCUT2D eigenvalue weighted by atomic mass is 10.1. The molecule has 6 nitrogen and oxygen atoms in total. The molecule has 0 aliphatic heterocycles. The van der Waals surface area contributed by atoms with Crippen LogP contribution in [0.1, 0.15) is 22.8 Å². The van der Waals surface area contributed by atoms with E-state index in [0.717, 1.165) is 10.9 Å². The first-order valence-corrected chi connectivity index (χ1v) is 7.01. The highest BCUT2D eigenvalue weighted by atomic mass is 16.3. The number of aromatic amines is 1. The Morgan fingerprint density at radius 1 is 1.17 bits per heavy atom. The van der Waals surface area contributed by atoms with Crippen LogP contribution in [0.3, 0.4) is 0 Å². The van der Waals surface area contributed by atoms with Crippen molar-refractivity contribution in [3.63, 3.8) is 0 Å². The average Bonchev–Trinajstić information content (AvgIpc) is 2.83. The second-order valence-electron chi connectivity index (χ2n) is 5.26. The van der Waals surface area contributed by atoms with Crippen molar-refractivity contribution >= 4 is 33.9 Å². The van der Waals surface area contributed by atoms with Crippen LogP contribution < -0.4 is 11.5 Å². The number of rotatable bonds is 3. The highest BCUT2D eigenvalue weighted by Gasteiger charge is 2.14. The van der Waals surface area contributed by atoms with Gasteiger partial charge < -0.3 is 21.6 Å². The summed E-state index contributed by atoms with van der Waals surface area (Å²) in [6.45, 7) is 1.80. The van der Waals surface area contributed by atoms with E-state index in [1.807, 2.05) is 6.07 Å². The molecule has 0 spiro atoms. The number of H-pyrrole nitrogens is 1. The van der Waals surface area contributed by atoms with E-state index < -0.39 is 5.91 Å². The maximum Gasteiger partial charge on any atom is 0.248 e. The molecule has 2 aromatic carbocycles. The van der Waals surface area contributed by atoms with Gasteiger partial charge in [-0.15, -0.1) is 0 Å². The molecule has 0 atom stereocenters. The molecule has 1 aromatic heterocycles. The minimum absolute atomic E-state index is 0.0422. The first kappa shape index (κ1) is 14.6.